The van der Waals surface area contributed by atoms with Crippen molar-refractivity contribution in [2.75, 3.05) is 5.32 Å². The van der Waals surface area contributed by atoms with Crippen LogP contribution in [0.1, 0.15) is 89.1 Å². The van der Waals surface area contributed by atoms with Gasteiger partial charge in [0, 0.05) is 49.4 Å². The Morgan fingerprint density at radius 3 is 2.20 bits per heavy atom. The van der Waals surface area contributed by atoms with Crippen LogP contribution < -0.4 is 20.1 Å². The fraction of sp³-hybridized carbons (Fsp3) is 0.317. The highest BCUT2D eigenvalue weighted by Gasteiger charge is 2.45. The van der Waals surface area contributed by atoms with Crippen LogP contribution in [0.3, 0.4) is 0 Å². The van der Waals surface area contributed by atoms with Crippen LogP contribution in [0.15, 0.2) is 83.4 Å². The molecule has 4 amide bonds. The summed E-state index contributed by atoms with van der Waals surface area (Å²) in [4.78, 5) is 55.4. The Bertz CT molecular complexity index is 2290. The molecule has 3 fully saturated rings. The smallest absolute Gasteiger partial charge is 0.262 e. The molecule has 278 valence electrons. The number of hydrogen-bond acceptors (Lipinski definition) is 12. The number of benzene rings is 3. The summed E-state index contributed by atoms with van der Waals surface area (Å²) < 4.78 is 17.3. The summed E-state index contributed by atoms with van der Waals surface area (Å²) in [5.41, 5.74) is 4.15. The van der Waals surface area contributed by atoms with Crippen LogP contribution in [0.2, 0.25) is 0 Å². The molecule has 1 atom stereocenters. The minimum absolute atomic E-state index is 0.0427. The highest BCUT2D eigenvalue weighted by atomic mass is 16.5. The second-order valence-electron chi connectivity index (χ2n) is 14.6. The van der Waals surface area contributed by atoms with Gasteiger partial charge in [0.1, 0.15) is 29.3 Å². The monoisotopic (exact) mass is 739 g/mol. The van der Waals surface area contributed by atoms with Gasteiger partial charge in [-0.05, 0) is 78.9 Å². The summed E-state index contributed by atoms with van der Waals surface area (Å²) in [5.74, 6) is 0.635. The fourth-order valence-corrected chi connectivity index (χ4v) is 8.20. The Morgan fingerprint density at radius 1 is 0.836 bits per heavy atom. The Balaban J connectivity index is 0.797. The van der Waals surface area contributed by atoms with Crippen LogP contribution in [0.4, 0.5) is 5.69 Å². The van der Waals surface area contributed by atoms with Gasteiger partial charge in [-0.15, -0.1) is 10.2 Å². The highest BCUT2D eigenvalue weighted by molar-refractivity contribution is 6.23. The van der Waals surface area contributed by atoms with E-state index in [1.165, 1.54) is 11.1 Å². The lowest BCUT2D eigenvalue weighted by Crippen LogP contribution is -2.54. The van der Waals surface area contributed by atoms with E-state index in [2.05, 4.69) is 67.4 Å². The molecule has 1 saturated heterocycles. The molecule has 3 aromatic carbocycles. The number of carbonyl (C=O) groups is 4. The van der Waals surface area contributed by atoms with Crippen LogP contribution in [-0.2, 0) is 15.0 Å². The van der Waals surface area contributed by atoms with Crippen molar-refractivity contribution in [1.29, 1.82) is 0 Å². The number of carbonyl (C=O) groups excluding carboxylic acids is 4. The van der Waals surface area contributed by atoms with Crippen molar-refractivity contribution in [2.24, 2.45) is 0 Å². The number of aromatic nitrogens is 4. The molecule has 1 unspecified atom stereocenters. The van der Waals surface area contributed by atoms with Gasteiger partial charge in [-0.2, -0.15) is 4.98 Å². The molecule has 14 heteroatoms. The van der Waals surface area contributed by atoms with E-state index in [-0.39, 0.29) is 41.5 Å². The number of aryl methyl sites for hydroxylation is 1. The van der Waals surface area contributed by atoms with Crippen molar-refractivity contribution in [3.63, 3.8) is 0 Å². The third-order valence-electron chi connectivity index (χ3n) is 11.1. The summed E-state index contributed by atoms with van der Waals surface area (Å²) in [6.45, 7) is 1.72. The average Bonchev–Trinajstić information content (AvgIpc) is 3.91. The molecule has 55 heavy (non-hydrogen) atoms. The minimum Gasteiger partial charge on any atom is -0.490 e. The van der Waals surface area contributed by atoms with E-state index in [1.54, 1.807) is 37.3 Å². The summed E-state index contributed by atoms with van der Waals surface area (Å²) in [5, 5.41) is 17.9. The van der Waals surface area contributed by atoms with Gasteiger partial charge in [0.25, 0.3) is 11.8 Å². The summed E-state index contributed by atoms with van der Waals surface area (Å²) in [6.07, 6.45) is 6.23. The van der Waals surface area contributed by atoms with Gasteiger partial charge in [0.15, 0.2) is 0 Å². The Hall–Kier alpha value is -6.44. The van der Waals surface area contributed by atoms with E-state index in [9.17, 15) is 19.2 Å². The van der Waals surface area contributed by atoms with Crippen LogP contribution in [-0.4, -0.2) is 67.1 Å². The van der Waals surface area contributed by atoms with Crippen LogP contribution in [0.5, 0.6) is 17.4 Å². The normalized spacial score (nSPS) is 21.5. The zero-order valence-corrected chi connectivity index (χ0v) is 30.0. The first-order valence-corrected chi connectivity index (χ1v) is 18.5. The van der Waals surface area contributed by atoms with Gasteiger partial charge in [-0.3, -0.25) is 29.4 Å². The van der Waals surface area contributed by atoms with Crippen molar-refractivity contribution in [3.8, 4) is 28.9 Å². The minimum atomic E-state index is -0.988. The molecule has 2 aliphatic carbocycles. The number of anilines is 1. The molecule has 5 aromatic rings. The standard InChI is InChI=1S/C41H37N7O7/c1-23-42-37(47-55-23)33-14-17-36(46-45-33)54-29-11-6-25(7-12-29)41(18-2-3-19-41)24-4-9-28(10-5-24)53-30-20-27(21-30)43-26-8-13-31-32(22-26)40(52)48(39(31)51)34-15-16-35(49)44-38(34)50/h4-14,17,22,27,30,34,43H,2-3,15-16,18-21H2,1H3,(H,44,49,50). The second kappa shape index (κ2) is 13.8. The lowest BCUT2D eigenvalue weighted by atomic mass is 9.73. The number of hydrogen-bond donors (Lipinski definition) is 2. The quantitative estimate of drug-likeness (QED) is 0.162. The number of rotatable bonds is 10. The third-order valence-corrected chi connectivity index (χ3v) is 11.1. The number of amides is 4. The van der Waals surface area contributed by atoms with Gasteiger partial charge < -0.3 is 19.3 Å². The van der Waals surface area contributed by atoms with Crippen molar-refractivity contribution in [1.82, 2.24) is 30.6 Å². The van der Waals surface area contributed by atoms with E-state index in [0.29, 0.717) is 29.0 Å². The molecule has 0 spiro atoms. The largest absolute Gasteiger partial charge is 0.490 e. The first-order chi connectivity index (χ1) is 26.7. The number of piperidine rings is 1. The molecule has 2 saturated carbocycles. The lowest BCUT2D eigenvalue weighted by Gasteiger charge is -2.36. The lowest BCUT2D eigenvalue weighted by molar-refractivity contribution is -0.136. The zero-order chi connectivity index (χ0) is 37.7. The molecule has 0 bridgehead atoms. The highest BCUT2D eigenvalue weighted by Crippen LogP contribution is 2.47. The molecule has 4 aliphatic rings. The Kier molecular flexibility index (Phi) is 8.59. The maximum absolute atomic E-state index is 13.2. The molecule has 4 heterocycles. The van der Waals surface area contributed by atoms with Crippen molar-refractivity contribution >= 4 is 29.3 Å². The number of nitrogens with zero attached hydrogens (tertiary/aromatic N) is 5. The van der Waals surface area contributed by atoms with Crippen LogP contribution >= 0.6 is 0 Å². The molecular weight excluding hydrogens is 702 g/mol. The van der Waals surface area contributed by atoms with Crippen molar-refractivity contribution in [3.05, 3.63) is 107 Å². The maximum Gasteiger partial charge on any atom is 0.262 e. The van der Waals surface area contributed by atoms with Gasteiger partial charge in [0.05, 0.1) is 11.1 Å². The van der Waals surface area contributed by atoms with Gasteiger partial charge in [-0.1, -0.05) is 42.3 Å². The van der Waals surface area contributed by atoms with Crippen molar-refractivity contribution in [2.45, 2.75) is 81.9 Å². The number of nitrogens with one attached hydrogen (secondary N) is 2. The molecular formula is C41H37N7O7. The SMILES string of the molecule is Cc1nc(-c2ccc(Oc3ccc(C4(c5ccc(OC6CC(Nc7ccc8c(c7)C(=O)N(C7CCC(=O)NC7=O)C8=O)C6)cc5)CCCC4)cc3)nn2)no1. The van der Waals surface area contributed by atoms with Gasteiger partial charge in [0.2, 0.25) is 29.4 Å². The number of fused-ring (bicyclic) bond motifs is 1. The second-order valence-corrected chi connectivity index (χ2v) is 14.6. The van der Waals surface area contributed by atoms with E-state index >= 15 is 0 Å². The van der Waals surface area contributed by atoms with Gasteiger partial charge in [-0.25, -0.2) is 0 Å². The Labute approximate surface area is 315 Å². The third kappa shape index (κ3) is 6.47. The Morgan fingerprint density at radius 2 is 1.55 bits per heavy atom. The molecule has 14 nitrogen and oxygen atoms in total. The van der Waals surface area contributed by atoms with E-state index in [1.807, 2.05) is 12.1 Å². The summed E-state index contributed by atoms with van der Waals surface area (Å²) in [6, 6.07) is 24.4. The predicted octanol–water partition coefficient (Wildman–Crippen LogP) is 5.91. The summed E-state index contributed by atoms with van der Waals surface area (Å²) >= 11 is 0. The molecule has 0 radical (unpaired) electrons. The van der Waals surface area contributed by atoms with Crippen molar-refractivity contribution < 1.29 is 33.2 Å². The van der Waals surface area contributed by atoms with Crippen LogP contribution in [0, 0.1) is 6.92 Å². The first kappa shape index (κ1) is 34.3. The van der Waals surface area contributed by atoms with Gasteiger partial charge >= 0.3 is 0 Å². The van der Waals surface area contributed by atoms with Crippen LogP contribution in [0.25, 0.3) is 11.5 Å². The molecule has 2 aliphatic heterocycles. The van der Waals surface area contributed by atoms with E-state index in [4.69, 9.17) is 14.0 Å². The zero-order valence-electron chi connectivity index (χ0n) is 30.0. The van der Waals surface area contributed by atoms with E-state index < -0.39 is 29.7 Å². The maximum atomic E-state index is 13.2. The first-order valence-electron chi connectivity index (χ1n) is 18.5. The molecule has 2 N–H and O–H groups in total. The predicted molar refractivity (Wildman–Crippen MR) is 196 cm³/mol. The number of imide groups is 2. The van der Waals surface area contributed by atoms with E-state index in [0.717, 1.165) is 54.9 Å². The number of ether oxygens (including phenoxy) is 2. The fourth-order valence-electron chi connectivity index (χ4n) is 8.20. The molecule has 2 aromatic heterocycles. The average molecular weight is 740 g/mol. The topological polar surface area (TPSA) is 179 Å². The molecule has 9 rings (SSSR count). The summed E-state index contributed by atoms with van der Waals surface area (Å²) in [7, 11) is 0.